The molecule has 0 aliphatic rings. The number of anilines is 1. The van der Waals surface area contributed by atoms with E-state index in [2.05, 4.69) is 10.3 Å². The highest BCUT2D eigenvalue weighted by molar-refractivity contribution is 6.31. The monoisotopic (exact) mass is 383 g/mol. The molecule has 7 heteroatoms. The van der Waals surface area contributed by atoms with Crippen molar-refractivity contribution in [1.29, 1.82) is 0 Å². The Hall–Kier alpha value is -3.12. The minimum absolute atomic E-state index is 0.136. The number of aromatic nitrogens is 1. The summed E-state index contributed by atoms with van der Waals surface area (Å²) < 4.78 is 5.20. The van der Waals surface area contributed by atoms with Crippen LogP contribution in [0.3, 0.4) is 0 Å². The van der Waals surface area contributed by atoms with Crippen LogP contribution in [0.5, 0.6) is 5.75 Å². The summed E-state index contributed by atoms with van der Waals surface area (Å²) in [7, 11) is 3.05. The Kier molecular flexibility index (Phi) is 5.57. The number of ether oxygens (including phenoxy) is 1. The van der Waals surface area contributed by atoms with Crippen LogP contribution in [0.1, 0.15) is 10.5 Å². The number of carbonyl (C=O) groups is 2. The number of hydrogen-bond acceptors (Lipinski definition) is 4. The molecule has 0 unspecified atom stereocenters. The first kappa shape index (κ1) is 18.7. The van der Waals surface area contributed by atoms with Gasteiger partial charge >= 0.3 is 0 Å². The number of halogens is 1. The molecule has 1 aromatic heterocycles. The third kappa shape index (κ3) is 4.35. The average molecular weight is 384 g/mol. The van der Waals surface area contributed by atoms with Gasteiger partial charge in [-0.15, -0.1) is 0 Å². The van der Waals surface area contributed by atoms with Crippen molar-refractivity contribution in [2.75, 3.05) is 26.0 Å². The predicted molar refractivity (Wildman–Crippen MR) is 105 cm³/mol. The van der Waals surface area contributed by atoms with Crippen molar-refractivity contribution < 1.29 is 14.3 Å². The number of amides is 2. The standard InChI is InChI=1S/C20H18ClN3O3/c1-24(12-19(25)23-17-11-14(21)8-10-18(17)27-2)20(26)16-9-7-13-5-3-4-6-15(13)22-16/h3-11H,12H2,1-2H3,(H,23,25). The number of fused-ring (bicyclic) bond motifs is 1. The molecular formula is C20H18ClN3O3. The van der Waals surface area contributed by atoms with Gasteiger partial charge < -0.3 is 15.0 Å². The summed E-state index contributed by atoms with van der Waals surface area (Å²) in [6.45, 7) is -0.136. The van der Waals surface area contributed by atoms with Gasteiger partial charge in [0.25, 0.3) is 5.91 Å². The smallest absolute Gasteiger partial charge is 0.272 e. The SMILES string of the molecule is COc1ccc(Cl)cc1NC(=O)CN(C)C(=O)c1ccc2ccccc2n1. The Morgan fingerprint density at radius 3 is 2.70 bits per heavy atom. The predicted octanol–water partition coefficient (Wildman–Crippen LogP) is 3.61. The zero-order chi connectivity index (χ0) is 19.4. The quantitative estimate of drug-likeness (QED) is 0.730. The second-order valence-corrected chi connectivity index (χ2v) is 6.38. The number of hydrogen-bond donors (Lipinski definition) is 1. The van der Waals surface area contributed by atoms with E-state index in [0.717, 1.165) is 10.9 Å². The first-order valence-electron chi connectivity index (χ1n) is 8.22. The van der Waals surface area contributed by atoms with Gasteiger partial charge in [-0.3, -0.25) is 9.59 Å². The number of pyridine rings is 1. The van der Waals surface area contributed by atoms with Crippen molar-refractivity contribution in [2.24, 2.45) is 0 Å². The van der Waals surface area contributed by atoms with Crippen LogP contribution < -0.4 is 10.1 Å². The molecule has 27 heavy (non-hydrogen) atoms. The normalized spacial score (nSPS) is 10.5. The number of rotatable bonds is 5. The largest absolute Gasteiger partial charge is 0.495 e. The highest BCUT2D eigenvalue weighted by Crippen LogP contribution is 2.27. The fourth-order valence-electron chi connectivity index (χ4n) is 2.64. The number of nitrogens with one attached hydrogen (secondary N) is 1. The lowest BCUT2D eigenvalue weighted by Crippen LogP contribution is -2.35. The number of para-hydroxylation sites is 1. The Balaban J connectivity index is 1.70. The van der Waals surface area contributed by atoms with E-state index < -0.39 is 0 Å². The van der Waals surface area contributed by atoms with Crippen LogP contribution in [0.15, 0.2) is 54.6 Å². The molecule has 2 amide bonds. The highest BCUT2D eigenvalue weighted by atomic mass is 35.5. The number of likely N-dealkylation sites (N-methyl/N-ethyl adjacent to an activating group) is 1. The average Bonchev–Trinajstić information content (AvgIpc) is 2.67. The maximum Gasteiger partial charge on any atom is 0.272 e. The van der Waals surface area contributed by atoms with Crippen LogP contribution in [0.4, 0.5) is 5.69 Å². The molecule has 138 valence electrons. The summed E-state index contributed by atoms with van der Waals surface area (Å²) >= 11 is 5.96. The lowest BCUT2D eigenvalue weighted by atomic mass is 10.2. The van der Waals surface area contributed by atoms with Crippen LogP contribution in [-0.4, -0.2) is 42.4 Å². The minimum atomic E-state index is -0.368. The Morgan fingerprint density at radius 2 is 1.93 bits per heavy atom. The first-order valence-corrected chi connectivity index (χ1v) is 8.60. The van der Waals surface area contributed by atoms with Gasteiger partial charge in [-0.1, -0.05) is 35.9 Å². The van der Waals surface area contributed by atoms with E-state index in [9.17, 15) is 9.59 Å². The second-order valence-electron chi connectivity index (χ2n) is 5.94. The van der Waals surface area contributed by atoms with Crippen LogP contribution in [0, 0.1) is 0 Å². The second kappa shape index (κ2) is 8.05. The van der Waals surface area contributed by atoms with Crippen LogP contribution in [0.25, 0.3) is 10.9 Å². The molecule has 0 bridgehead atoms. The Morgan fingerprint density at radius 1 is 1.15 bits per heavy atom. The van der Waals surface area contributed by atoms with E-state index in [0.29, 0.717) is 16.5 Å². The molecule has 3 aromatic rings. The molecule has 0 fully saturated rings. The van der Waals surface area contributed by atoms with E-state index >= 15 is 0 Å². The molecule has 1 N–H and O–H groups in total. The maximum absolute atomic E-state index is 12.6. The molecule has 0 aliphatic carbocycles. The van der Waals surface area contributed by atoms with Gasteiger partial charge in [0.05, 0.1) is 24.9 Å². The molecule has 0 saturated heterocycles. The molecule has 3 rings (SSSR count). The zero-order valence-electron chi connectivity index (χ0n) is 14.9. The molecule has 0 radical (unpaired) electrons. The zero-order valence-corrected chi connectivity index (χ0v) is 15.7. The van der Waals surface area contributed by atoms with Crippen molar-refractivity contribution in [2.45, 2.75) is 0 Å². The molecule has 2 aromatic carbocycles. The van der Waals surface area contributed by atoms with Gasteiger partial charge in [0.1, 0.15) is 11.4 Å². The van der Waals surface area contributed by atoms with Crippen molar-refractivity contribution in [3.8, 4) is 5.75 Å². The Bertz CT molecular complexity index is 1010. The van der Waals surface area contributed by atoms with E-state index in [1.165, 1.54) is 12.0 Å². The van der Waals surface area contributed by atoms with E-state index in [-0.39, 0.29) is 24.1 Å². The number of methoxy groups -OCH3 is 1. The topological polar surface area (TPSA) is 71.5 Å². The molecule has 0 spiro atoms. The summed E-state index contributed by atoms with van der Waals surface area (Å²) in [6, 6.07) is 15.9. The minimum Gasteiger partial charge on any atom is -0.495 e. The maximum atomic E-state index is 12.6. The van der Waals surface area contributed by atoms with Crippen LogP contribution in [0.2, 0.25) is 5.02 Å². The van der Waals surface area contributed by atoms with Gasteiger partial charge in [0, 0.05) is 17.5 Å². The fraction of sp³-hybridized carbons (Fsp3) is 0.150. The summed E-state index contributed by atoms with van der Waals surface area (Å²) in [5.41, 5.74) is 1.45. The third-order valence-electron chi connectivity index (χ3n) is 3.98. The molecule has 0 aliphatic heterocycles. The molecule has 1 heterocycles. The molecule has 0 atom stereocenters. The lowest BCUT2D eigenvalue weighted by molar-refractivity contribution is -0.116. The summed E-state index contributed by atoms with van der Waals surface area (Å²) in [4.78, 5) is 30.6. The molecule has 0 saturated carbocycles. The lowest BCUT2D eigenvalue weighted by Gasteiger charge is -2.17. The third-order valence-corrected chi connectivity index (χ3v) is 4.22. The van der Waals surface area contributed by atoms with E-state index in [4.69, 9.17) is 16.3 Å². The van der Waals surface area contributed by atoms with Gasteiger partial charge in [-0.05, 0) is 30.3 Å². The highest BCUT2D eigenvalue weighted by Gasteiger charge is 2.17. The fourth-order valence-corrected chi connectivity index (χ4v) is 2.81. The summed E-state index contributed by atoms with van der Waals surface area (Å²) in [5, 5.41) is 4.12. The van der Waals surface area contributed by atoms with Gasteiger partial charge in [0.15, 0.2) is 0 Å². The van der Waals surface area contributed by atoms with Gasteiger partial charge in [-0.2, -0.15) is 0 Å². The molecule has 6 nitrogen and oxygen atoms in total. The molecular weight excluding hydrogens is 366 g/mol. The summed E-state index contributed by atoms with van der Waals surface area (Å²) in [5.74, 6) is -0.223. The van der Waals surface area contributed by atoms with Gasteiger partial charge in [-0.25, -0.2) is 4.98 Å². The number of nitrogens with zero attached hydrogens (tertiary/aromatic N) is 2. The van der Waals surface area contributed by atoms with Crippen molar-refractivity contribution in [1.82, 2.24) is 9.88 Å². The van der Waals surface area contributed by atoms with Crippen LogP contribution in [-0.2, 0) is 4.79 Å². The van der Waals surface area contributed by atoms with Crippen molar-refractivity contribution in [3.05, 3.63) is 65.3 Å². The Labute approximate surface area is 161 Å². The first-order chi connectivity index (χ1) is 13.0. The van der Waals surface area contributed by atoms with E-state index in [1.807, 2.05) is 30.3 Å². The number of carbonyl (C=O) groups excluding carboxylic acids is 2. The van der Waals surface area contributed by atoms with E-state index in [1.54, 1.807) is 31.3 Å². The summed E-state index contributed by atoms with van der Waals surface area (Å²) in [6.07, 6.45) is 0. The number of benzene rings is 2. The van der Waals surface area contributed by atoms with Crippen LogP contribution >= 0.6 is 11.6 Å². The van der Waals surface area contributed by atoms with Crippen molar-refractivity contribution in [3.63, 3.8) is 0 Å². The van der Waals surface area contributed by atoms with Gasteiger partial charge in [0.2, 0.25) is 5.91 Å². The van der Waals surface area contributed by atoms with Crippen molar-refractivity contribution >= 4 is 40.0 Å².